The quantitative estimate of drug-likeness (QED) is 0.394. The number of rotatable bonds is 6. The first-order chi connectivity index (χ1) is 11.1. The molecule has 0 fully saturated rings. The van der Waals surface area contributed by atoms with Gasteiger partial charge in [0.1, 0.15) is 5.01 Å². The molecule has 0 spiro atoms. The zero-order valence-electron chi connectivity index (χ0n) is 14.5. The van der Waals surface area contributed by atoms with E-state index >= 15 is 0 Å². The van der Waals surface area contributed by atoms with Crippen LogP contribution in [-0.4, -0.2) is 31.6 Å². The molecule has 7 heteroatoms. The smallest absolute Gasteiger partial charge is 0.191 e. The summed E-state index contributed by atoms with van der Waals surface area (Å²) in [6, 6.07) is 10.2. The van der Waals surface area contributed by atoms with Gasteiger partial charge in [-0.3, -0.25) is 4.99 Å². The van der Waals surface area contributed by atoms with Crippen LogP contribution in [0, 0.1) is 13.8 Å². The number of ether oxygens (including phenoxy) is 1. The average molecular weight is 460 g/mol. The molecule has 2 aromatic rings. The van der Waals surface area contributed by atoms with Crippen molar-refractivity contribution in [2.45, 2.75) is 26.5 Å². The molecule has 24 heavy (non-hydrogen) atoms. The summed E-state index contributed by atoms with van der Waals surface area (Å²) in [5, 5.41) is 7.65. The van der Waals surface area contributed by atoms with Crippen LogP contribution in [0.4, 0.5) is 0 Å². The third kappa shape index (κ3) is 6.03. The van der Waals surface area contributed by atoms with E-state index in [1.54, 1.807) is 25.5 Å². The zero-order chi connectivity index (χ0) is 16.7. The van der Waals surface area contributed by atoms with Gasteiger partial charge in [0.25, 0.3) is 0 Å². The summed E-state index contributed by atoms with van der Waals surface area (Å²) < 4.78 is 5.56. The van der Waals surface area contributed by atoms with Gasteiger partial charge in [0, 0.05) is 25.6 Å². The predicted octanol–water partition coefficient (Wildman–Crippen LogP) is 3.43. The van der Waals surface area contributed by atoms with Crippen molar-refractivity contribution in [3.05, 3.63) is 51.5 Å². The number of thiazole rings is 1. The number of benzene rings is 1. The molecule has 2 N–H and O–H groups in total. The lowest BCUT2D eigenvalue weighted by atomic mass is 10.1. The summed E-state index contributed by atoms with van der Waals surface area (Å²) in [6.45, 7) is 5.44. The first-order valence-corrected chi connectivity index (χ1v) is 8.40. The highest BCUT2D eigenvalue weighted by Gasteiger charge is 2.11. The van der Waals surface area contributed by atoms with Crippen molar-refractivity contribution in [1.29, 1.82) is 0 Å². The Bertz CT molecular complexity index is 626. The van der Waals surface area contributed by atoms with E-state index in [0.717, 1.165) is 22.2 Å². The van der Waals surface area contributed by atoms with Gasteiger partial charge in [-0.05, 0) is 19.4 Å². The molecule has 1 aromatic heterocycles. The number of aryl methyl sites for hydroxylation is 2. The molecule has 1 unspecified atom stereocenters. The number of guanidine groups is 1. The van der Waals surface area contributed by atoms with E-state index in [1.807, 2.05) is 25.1 Å². The molecule has 132 valence electrons. The minimum Gasteiger partial charge on any atom is -0.375 e. The first-order valence-electron chi connectivity index (χ1n) is 7.59. The fraction of sp³-hybridized carbons (Fsp3) is 0.412. The Kier molecular flexibility index (Phi) is 9.24. The predicted molar refractivity (Wildman–Crippen MR) is 111 cm³/mol. The Balaban J connectivity index is 0.00000288. The van der Waals surface area contributed by atoms with Crippen molar-refractivity contribution in [3.8, 4) is 0 Å². The first kappa shape index (κ1) is 20.9. The van der Waals surface area contributed by atoms with Crippen LogP contribution in [0.25, 0.3) is 0 Å². The fourth-order valence-electron chi connectivity index (χ4n) is 2.19. The minimum absolute atomic E-state index is 0. The Morgan fingerprint density at radius 1 is 1.25 bits per heavy atom. The Morgan fingerprint density at radius 3 is 2.50 bits per heavy atom. The maximum atomic E-state index is 5.56. The van der Waals surface area contributed by atoms with Crippen LogP contribution in [-0.2, 0) is 11.3 Å². The molecule has 0 saturated heterocycles. The van der Waals surface area contributed by atoms with Gasteiger partial charge in [0.15, 0.2) is 5.96 Å². The number of halogens is 1. The molecule has 2 rings (SSSR count). The van der Waals surface area contributed by atoms with Crippen molar-refractivity contribution in [3.63, 3.8) is 0 Å². The van der Waals surface area contributed by atoms with Crippen LogP contribution in [0.5, 0.6) is 0 Å². The van der Waals surface area contributed by atoms with Gasteiger partial charge < -0.3 is 15.4 Å². The molecule has 0 radical (unpaired) electrons. The van der Waals surface area contributed by atoms with Crippen LogP contribution in [0.1, 0.15) is 27.2 Å². The molecular weight excluding hydrogens is 435 g/mol. The third-order valence-corrected chi connectivity index (χ3v) is 4.69. The van der Waals surface area contributed by atoms with Crippen LogP contribution >= 0.6 is 35.3 Å². The molecule has 0 saturated carbocycles. The highest BCUT2D eigenvalue weighted by Crippen LogP contribution is 2.16. The van der Waals surface area contributed by atoms with E-state index in [0.29, 0.717) is 13.1 Å². The monoisotopic (exact) mass is 460 g/mol. The van der Waals surface area contributed by atoms with E-state index in [1.165, 1.54) is 4.88 Å². The van der Waals surface area contributed by atoms with Crippen molar-refractivity contribution < 1.29 is 4.74 Å². The second-order valence-electron chi connectivity index (χ2n) is 5.19. The lowest BCUT2D eigenvalue weighted by molar-refractivity contribution is 0.106. The van der Waals surface area contributed by atoms with Crippen molar-refractivity contribution in [2.24, 2.45) is 4.99 Å². The number of aliphatic imine (C=N–C) groups is 1. The van der Waals surface area contributed by atoms with Crippen LogP contribution < -0.4 is 10.6 Å². The third-order valence-electron chi connectivity index (χ3n) is 3.61. The normalized spacial score (nSPS) is 12.4. The topological polar surface area (TPSA) is 58.5 Å². The van der Waals surface area contributed by atoms with Gasteiger partial charge >= 0.3 is 0 Å². The molecule has 1 aromatic carbocycles. The zero-order valence-corrected chi connectivity index (χ0v) is 17.6. The van der Waals surface area contributed by atoms with E-state index in [-0.39, 0.29) is 30.1 Å². The van der Waals surface area contributed by atoms with Crippen molar-refractivity contribution in [2.75, 3.05) is 20.7 Å². The molecule has 0 amide bonds. The summed E-state index contributed by atoms with van der Waals surface area (Å²) >= 11 is 1.71. The SMILES string of the molecule is CN=C(NCc1nc(C)c(C)s1)NCC(OC)c1ccccc1.I. The summed E-state index contributed by atoms with van der Waals surface area (Å²) in [4.78, 5) is 10.0. The number of nitrogens with one attached hydrogen (secondary N) is 2. The van der Waals surface area contributed by atoms with Gasteiger partial charge in [-0.25, -0.2) is 4.98 Å². The fourth-order valence-corrected chi connectivity index (χ4v) is 3.06. The lowest BCUT2D eigenvalue weighted by Crippen LogP contribution is -2.39. The molecule has 1 atom stereocenters. The van der Waals surface area contributed by atoms with Gasteiger partial charge in [-0.1, -0.05) is 30.3 Å². The second-order valence-corrected chi connectivity index (χ2v) is 6.48. The maximum Gasteiger partial charge on any atom is 0.191 e. The Morgan fingerprint density at radius 2 is 1.96 bits per heavy atom. The average Bonchev–Trinajstić information content (AvgIpc) is 2.90. The second kappa shape index (κ2) is 10.6. The van der Waals surface area contributed by atoms with E-state index in [9.17, 15) is 0 Å². The number of hydrogen-bond donors (Lipinski definition) is 2. The number of methoxy groups -OCH3 is 1. The number of aromatic nitrogens is 1. The summed E-state index contributed by atoms with van der Waals surface area (Å²) in [5.41, 5.74) is 2.24. The maximum absolute atomic E-state index is 5.56. The molecular formula is C17H25IN4OS. The van der Waals surface area contributed by atoms with E-state index in [2.05, 4.69) is 39.7 Å². The highest BCUT2D eigenvalue weighted by molar-refractivity contribution is 14.0. The molecule has 0 aliphatic heterocycles. The number of hydrogen-bond acceptors (Lipinski definition) is 4. The minimum atomic E-state index is -0.0147. The lowest BCUT2D eigenvalue weighted by Gasteiger charge is -2.18. The van der Waals surface area contributed by atoms with Crippen LogP contribution in [0.2, 0.25) is 0 Å². The summed E-state index contributed by atoms with van der Waals surface area (Å²) in [6.07, 6.45) is -0.0147. The summed E-state index contributed by atoms with van der Waals surface area (Å²) in [7, 11) is 3.48. The molecule has 0 bridgehead atoms. The molecule has 0 aliphatic carbocycles. The number of nitrogens with zero attached hydrogens (tertiary/aromatic N) is 2. The van der Waals surface area contributed by atoms with Crippen LogP contribution in [0.15, 0.2) is 35.3 Å². The van der Waals surface area contributed by atoms with Crippen LogP contribution in [0.3, 0.4) is 0 Å². The van der Waals surface area contributed by atoms with E-state index in [4.69, 9.17) is 4.74 Å². The van der Waals surface area contributed by atoms with Gasteiger partial charge in [-0.15, -0.1) is 35.3 Å². The molecule has 5 nitrogen and oxygen atoms in total. The van der Waals surface area contributed by atoms with Crippen molar-refractivity contribution in [1.82, 2.24) is 15.6 Å². The summed E-state index contributed by atoms with van der Waals surface area (Å²) in [5.74, 6) is 0.744. The Hall–Kier alpha value is -1.19. The standard InChI is InChI=1S/C17H24N4OS.HI/c1-12-13(2)23-16(21-12)11-20-17(18-3)19-10-15(22-4)14-8-6-5-7-9-14;/h5-9,15H,10-11H2,1-4H3,(H2,18,19,20);1H. The highest BCUT2D eigenvalue weighted by atomic mass is 127. The van der Waals surface area contributed by atoms with Gasteiger partial charge in [0.2, 0.25) is 0 Å². The Labute approximate surface area is 165 Å². The van der Waals surface area contributed by atoms with Crippen molar-refractivity contribution >= 4 is 41.3 Å². The largest absolute Gasteiger partial charge is 0.375 e. The van der Waals surface area contributed by atoms with Gasteiger partial charge in [0.05, 0.1) is 18.3 Å². The van der Waals surface area contributed by atoms with E-state index < -0.39 is 0 Å². The van der Waals surface area contributed by atoms with Gasteiger partial charge in [-0.2, -0.15) is 0 Å². The molecule has 0 aliphatic rings. The molecule has 1 heterocycles.